The van der Waals surface area contributed by atoms with Crippen LogP contribution in [0.1, 0.15) is 36.8 Å². The maximum Gasteiger partial charge on any atom is 0.0499 e. The largest absolute Gasteiger partial charge is 0.329 e. The predicted octanol–water partition coefficient (Wildman–Crippen LogP) is 2.38. The van der Waals surface area contributed by atoms with Gasteiger partial charge < -0.3 is 5.73 Å². The Labute approximate surface area is 129 Å². The first-order chi connectivity index (χ1) is 10.2. The van der Waals surface area contributed by atoms with Crippen LogP contribution in [0.3, 0.4) is 0 Å². The number of benzene rings is 1. The Hall–Kier alpha value is -0.900. The molecule has 21 heavy (non-hydrogen) atoms. The molecule has 0 radical (unpaired) electrons. The lowest BCUT2D eigenvalue weighted by atomic mass is 9.83. The molecular formula is C18H29N3. The van der Waals surface area contributed by atoms with Crippen molar-refractivity contribution < 1.29 is 0 Å². The lowest BCUT2D eigenvalue weighted by Gasteiger charge is -2.46. The highest BCUT2D eigenvalue weighted by molar-refractivity contribution is 5.26. The van der Waals surface area contributed by atoms with Crippen molar-refractivity contribution in [2.45, 2.75) is 50.7 Å². The number of likely N-dealkylation sites (N-methyl/N-ethyl adjacent to an activating group) is 1. The highest BCUT2D eigenvalue weighted by Crippen LogP contribution is 2.38. The van der Waals surface area contributed by atoms with E-state index in [-0.39, 0.29) is 5.54 Å². The minimum absolute atomic E-state index is 0.169. The Bertz CT molecular complexity index is 487. The molecule has 2 aliphatic rings. The van der Waals surface area contributed by atoms with Crippen LogP contribution in [0.5, 0.6) is 0 Å². The van der Waals surface area contributed by atoms with E-state index < -0.39 is 0 Å². The summed E-state index contributed by atoms with van der Waals surface area (Å²) in [4.78, 5) is 5.23. The highest BCUT2D eigenvalue weighted by atomic mass is 15.3. The quantitative estimate of drug-likeness (QED) is 0.923. The van der Waals surface area contributed by atoms with Crippen LogP contribution < -0.4 is 5.73 Å². The van der Waals surface area contributed by atoms with E-state index in [1.807, 2.05) is 0 Å². The van der Waals surface area contributed by atoms with Gasteiger partial charge in [0.1, 0.15) is 0 Å². The van der Waals surface area contributed by atoms with E-state index in [2.05, 4.69) is 48.0 Å². The average molecular weight is 287 g/mol. The van der Waals surface area contributed by atoms with Gasteiger partial charge in [-0.1, -0.05) is 30.7 Å². The van der Waals surface area contributed by atoms with Gasteiger partial charge in [-0.05, 0) is 50.9 Å². The van der Waals surface area contributed by atoms with Crippen molar-refractivity contribution in [1.29, 1.82) is 0 Å². The fourth-order valence-electron chi connectivity index (χ4n) is 4.41. The van der Waals surface area contributed by atoms with Gasteiger partial charge in [-0.2, -0.15) is 0 Å². The molecule has 2 N–H and O–H groups in total. The molecule has 0 amide bonds. The van der Waals surface area contributed by atoms with E-state index in [1.54, 1.807) is 0 Å². The molecule has 2 atom stereocenters. The van der Waals surface area contributed by atoms with Crippen molar-refractivity contribution >= 4 is 0 Å². The summed E-state index contributed by atoms with van der Waals surface area (Å²) < 4.78 is 0. The molecule has 3 heteroatoms. The number of hydrogen-bond acceptors (Lipinski definition) is 3. The Morgan fingerprint density at radius 3 is 2.86 bits per heavy atom. The van der Waals surface area contributed by atoms with Gasteiger partial charge in [0.2, 0.25) is 0 Å². The van der Waals surface area contributed by atoms with E-state index in [1.165, 1.54) is 49.9 Å². The molecule has 3 rings (SSSR count). The van der Waals surface area contributed by atoms with E-state index in [4.69, 9.17) is 5.73 Å². The van der Waals surface area contributed by atoms with Crippen LogP contribution >= 0.6 is 0 Å². The second-order valence-corrected chi connectivity index (χ2v) is 6.89. The summed E-state index contributed by atoms with van der Waals surface area (Å²) in [6.07, 6.45) is 5.26. The van der Waals surface area contributed by atoms with Gasteiger partial charge in [0, 0.05) is 31.2 Å². The molecule has 2 fully saturated rings. The first kappa shape index (κ1) is 15.0. The van der Waals surface area contributed by atoms with Crippen LogP contribution in [-0.2, 0) is 6.54 Å². The second kappa shape index (κ2) is 6.07. The third-order valence-electron chi connectivity index (χ3n) is 5.85. The molecule has 0 saturated carbocycles. The van der Waals surface area contributed by atoms with Gasteiger partial charge in [0.15, 0.2) is 0 Å². The summed E-state index contributed by atoms with van der Waals surface area (Å²) >= 11 is 0. The summed E-state index contributed by atoms with van der Waals surface area (Å²) in [6, 6.07) is 9.39. The van der Waals surface area contributed by atoms with Crippen molar-refractivity contribution in [2.75, 3.05) is 26.7 Å². The van der Waals surface area contributed by atoms with Gasteiger partial charge >= 0.3 is 0 Å². The monoisotopic (exact) mass is 287 g/mol. The lowest BCUT2D eigenvalue weighted by Crippen LogP contribution is -2.60. The number of nitrogens with two attached hydrogens (primary N) is 1. The third kappa shape index (κ3) is 2.63. The minimum Gasteiger partial charge on any atom is -0.329 e. The van der Waals surface area contributed by atoms with Crippen LogP contribution in [0.4, 0.5) is 0 Å². The van der Waals surface area contributed by atoms with Crippen molar-refractivity contribution in [2.24, 2.45) is 5.73 Å². The number of rotatable bonds is 4. The molecule has 1 aromatic rings. The number of fused-ring (bicyclic) bond motifs is 1. The SMILES string of the molecule is Cc1ccccc1CN(C)C1(CN)CCN2CCCCC21. The van der Waals surface area contributed by atoms with Crippen molar-refractivity contribution in [3.8, 4) is 0 Å². The number of piperidine rings is 1. The minimum atomic E-state index is 0.169. The Morgan fingerprint density at radius 1 is 1.29 bits per heavy atom. The van der Waals surface area contributed by atoms with Crippen LogP contribution in [0, 0.1) is 6.92 Å². The predicted molar refractivity (Wildman–Crippen MR) is 88.3 cm³/mol. The Kier molecular flexibility index (Phi) is 4.34. The molecule has 0 spiro atoms. The van der Waals surface area contributed by atoms with Gasteiger partial charge in [-0.3, -0.25) is 9.80 Å². The van der Waals surface area contributed by atoms with Crippen LogP contribution in [-0.4, -0.2) is 48.1 Å². The third-order valence-corrected chi connectivity index (χ3v) is 5.85. The van der Waals surface area contributed by atoms with Crippen molar-refractivity contribution in [3.05, 3.63) is 35.4 Å². The molecule has 1 aromatic carbocycles. The topological polar surface area (TPSA) is 32.5 Å². The van der Waals surface area contributed by atoms with Gasteiger partial charge in [0.05, 0.1) is 0 Å². The Morgan fingerprint density at radius 2 is 2.10 bits per heavy atom. The zero-order valence-electron chi connectivity index (χ0n) is 13.5. The summed E-state index contributed by atoms with van der Waals surface area (Å²) in [5.41, 5.74) is 9.29. The zero-order valence-corrected chi connectivity index (χ0v) is 13.5. The summed E-state index contributed by atoms with van der Waals surface area (Å²) in [6.45, 7) is 6.48. The average Bonchev–Trinajstić information content (AvgIpc) is 2.90. The highest BCUT2D eigenvalue weighted by Gasteiger charge is 2.49. The maximum absolute atomic E-state index is 6.30. The lowest BCUT2D eigenvalue weighted by molar-refractivity contribution is 0.0510. The fraction of sp³-hybridized carbons (Fsp3) is 0.667. The summed E-state index contributed by atoms with van der Waals surface area (Å²) in [5.74, 6) is 0. The normalized spacial score (nSPS) is 29.8. The van der Waals surface area contributed by atoms with Gasteiger partial charge in [-0.15, -0.1) is 0 Å². The molecule has 3 nitrogen and oxygen atoms in total. The van der Waals surface area contributed by atoms with Crippen molar-refractivity contribution in [3.63, 3.8) is 0 Å². The molecule has 116 valence electrons. The van der Waals surface area contributed by atoms with Crippen LogP contribution in [0.25, 0.3) is 0 Å². The number of hydrogen-bond donors (Lipinski definition) is 1. The molecule has 2 aliphatic heterocycles. The van der Waals surface area contributed by atoms with Crippen LogP contribution in [0.15, 0.2) is 24.3 Å². The van der Waals surface area contributed by atoms with Gasteiger partial charge in [-0.25, -0.2) is 0 Å². The first-order valence-corrected chi connectivity index (χ1v) is 8.37. The van der Waals surface area contributed by atoms with E-state index in [0.717, 1.165) is 13.1 Å². The van der Waals surface area contributed by atoms with Gasteiger partial charge in [0.25, 0.3) is 0 Å². The van der Waals surface area contributed by atoms with Crippen LogP contribution in [0.2, 0.25) is 0 Å². The van der Waals surface area contributed by atoms with E-state index >= 15 is 0 Å². The standard InChI is InChI=1S/C18H29N3/c1-15-7-3-4-8-16(15)13-20(2)18(14-19)10-12-21-11-6-5-9-17(18)21/h3-4,7-8,17H,5-6,9-14,19H2,1-2H3. The maximum atomic E-state index is 6.30. The molecule has 2 heterocycles. The summed E-state index contributed by atoms with van der Waals surface area (Å²) in [5, 5.41) is 0. The fourth-order valence-corrected chi connectivity index (χ4v) is 4.41. The number of nitrogens with zero attached hydrogens (tertiary/aromatic N) is 2. The molecule has 0 aliphatic carbocycles. The molecular weight excluding hydrogens is 258 g/mol. The van der Waals surface area contributed by atoms with E-state index in [0.29, 0.717) is 6.04 Å². The molecule has 2 saturated heterocycles. The van der Waals surface area contributed by atoms with E-state index in [9.17, 15) is 0 Å². The second-order valence-electron chi connectivity index (χ2n) is 6.89. The molecule has 2 unspecified atom stereocenters. The summed E-state index contributed by atoms with van der Waals surface area (Å²) in [7, 11) is 2.28. The first-order valence-electron chi connectivity index (χ1n) is 8.37. The molecule has 0 bridgehead atoms. The number of aryl methyl sites for hydroxylation is 1. The zero-order chi connectivity index (χ0) is 14.9. The smallest absolute Gasteiger partial charge is 0.0499 e. The van der Waals surface area contributed by atoms with Crippen molar-refractivity contribution in [1.82, 2.24) is 9.80 Å². The Balaban J connectivity index is 1.81. The molecule has 0 aromatic heterocycles.